The van der Waals surface area contributed by atoms with Gasteiger partial charge in [-0.2, -0.15) is 0 Å². The van der Waals surface area contributed by atoms with E-state index in [1.807, 2.05) is 13.8 Å². The fourth-order valence-corrected chi connectivity index (χ4v) is 0.204. The lowest BCUT2D eigenvalue weighted by molar-refractivity contribution is 0.162. The van der Waals surface area contributed by atoms with Gasteiger partial charge in [0.05, 0.1) is 0 Å². The van der Waals surface area contributed by atoms with Crippen molar-refractivity contribution in [2.24, 2.45) is 4.99 Å². The van der Waals surface area contributed by atoms with Crippen molar-refractivity contribution < 1.29 is 9.53 Å². The maximum absolute atomic E-state index is 8.88. The Kier molecular flexibility index (Phi) is 19.5. The summed E-state index contributed by atoms with van der Waals surface area (Å²) in [6.45, 7) is 5.67. The Balaban J connectivity index is 0. The second kappa shape index (κ2) is 15.7. The molecule has 0 saturated carbocycles. The number of ether oxygens (including phenoxy) is 1. The standard InChI is InChI=1S/C4H10O.C2H3NO/c1-3-5-4-2;1-3-2-4/h3-4H2,1-2H3;1H3. The van der Waals surface area contributed by atoms with E-state index >= 15 is 0 Å². The van der Waals surface area contributed by atoms with Crippen molar-refractivity contribution in [3.63, 3.8) is 0 Å². The number of hydrogen-bond donors (Lipinski definition) is 0. The van der Waals surface area contributed by atoms with Gasteiger partial charge in [-0.1, -0.05) is 0 Å². The predicted molar refractivity (Wildman–Crippen MR) is 36.2 cm³/mol. The van der Waals surface area contributed by atoms with Gasteiger partial charge in [0.1, 0.15) is 0 Å². The molecule has 0 bridgehead atoms. The highest BCUT2D eigenvalue weighted by atomic mass is 16.5. The smallest absolute Gasteiger partial charge is 0.234 e. The maximum Gasteiger partial charge on any atom is 0.234 e. The first kappa shape index (κ1) is 11.2. The van der Waals surface area contributed by atoms with Crippen LogP contribution in [0, 0.1) is 0 Å². The Morgan fingerprint density at radius 1 is 1.44 bits per heavy atom. The summed E-state index contributed by atoms with van der Waals surface area (Å²) in [5.41, 5.74) is 0. The first-order valence-corrected chi connectivity index (χ1v) is 2.87. The van der Waals surface area contributed by atoms with E-state index < -0.39 is 0 Å². The summed E-state index contributed by atoms with van der Waals surface area (Å²) in [6, 6.07) is 0. The van der Waals surface area contributed by atoms with Crippen molar-refractivity contribution >= 4 is 6.08 Å². The molecule has 0 saturated heterocycles. The molecular formula is C6H13NO2. The van der Waals surface area contributed by atoms with E-state index in [4.69, 9.17) is 9.53 Å². The van der Waals surface area contributed by atoms with Gasteiger partial charge in [-0.3, -0.25) is 0 Å². The van der Waals surface area contributed by atoms with Crippen LogP contribution in [0.15, 0.2) is 4.99 Å². The Morgan fingerprint density at radius 3 is 1.78 bits per heavy atom. The zero-order valence-electron chi connectivity index (χ0n) is 6.18. The molecule has 0 heterocycles. The Hall–Kier alpha value is -0.660. The third kappa shape index (κ3) is 38.2. The second-order valence-corrected chi connectivity index (χ2v) is 1.10. The van der Waals surface area contributed by atoms with Gasteiger partial charge in [-0.05, 0) is 13.8 Å². The van der Waals surface area contributed by atoms with E-state index in [0.29, 0.717) is 0 Å². The number of isocyanates is 1. The van der Waals surface area contributed by atoms with E-state index in [1.165, 1.54) is 13.1 Å². The summed E-state index contributed by atoms with van der Waals surface area (Å²) in [4.78, 5) is 11.8. The van der Waals surface area contributed by atoms with Crippen LogP contribution in [0.25, 0.3) is 0 Å². The Morgan fingerprint density at radius 2 is 1.78 bits per heavy atom. The van der Waals surface area contributed by atoms with Gasteiger partial charge in [0, 0.05) is 20.3 Å². The number of rotatable bonds is 2. The molecule has 0 aliphatic rings. The van der Waals surface area contributed by atoms with Crippen molar-refractivity contribution in [2.45, 2.75) is 13.8 Å². The molecular weight excluding hydrogens is 118 g/mol. The van der Waals surface area contributed by atoms with Crippen LogP contribution in [0.2, 0.25) is 0 Å². The third-order valence-corrected chi connectivity index (χ3v) is 0.500. The van der Waals surface area contributed by atoms with Gasteiger partial charge >= 0.3 is 0 Å². The summed E-state index contributed by atoms with van der Waals surface area (Å²) in [7, 11) is 1.38. The minimum atomic E-state index is 0.844. The van der Waals surface area contributed by atoms with Crippen LogP contribution in [0.4, 0.5) is 0 Å². The van der Waals surface area contributed by atoms with Gasteiger partial charge in [0.25, 0.3) is 0 Å². The molecule has 0 N–H and O–H groups in total. The van der Waals surface area contributed by atoms with Gasteiger partial charge in [-0.25, -0.2) is 9.79 Å². The number of carbonyl (C=O) groups excluding carboxylic acids is 1. The van der Waals surface area contributed by atoms with Crippen molar-refractivity contribution in [3.8, 4) is 0 Å². The molecule has 0 unspecified atom stereocenters. The molecule has 0 spiro atoms. The molecule has 0 aromatic rings. The number of aliphatic imine (C=N–C) groups is 1. The minimum Gasteiger partial charge on any atom is -0.382 e. The van der Waals surface area contributed by atoms with Gasteiger partial charge in [0.2, 0.25) is 6.08 Å². The summed E-state index contributed by atoms with van der Waals surface area (Å²) in [6.07, 6.45) is 1.31. The molecule has 0 aliphatic heterocycles. The predicted octanol–water partition coefficient (Wildman–Crippen LogP) is 0.995. The van der Waals surface area contributed by atoms with Crippen molar-refractivity contribution in [1.29, 1.82) is 0 Å². The summed E-state index contributed by atoms with van der Waals surface area (Å²) >= 11 is 0. The number of nitrogens with zero attached hydrogens (tertiary/aromatic N) is 1. The van der Waals surface area contributed by atoms with E-state index in [-0.39, 0.29) is 0 Å². The van der Waals surface area contributed by atoms with Crippen LogP contribution in [0.3, 0.4) is 0 Å². The molecule has 0 aliphatic carbocycles. The molecule has 0 atom stereocenters. The minimum absolute atomic E-state index is 0.844. The average Bonchev–Trinajstić information content (AvgIpc) is 1.91. The maximum atomic E-state index is 8.88. The SMILES string of the molecule is CCOCC.CN=C=O. The molecule has 0 amide bonds. The lowest BCUT2D eigenvalue weighted by Crippen LogP contribution is -1.84. The highest BCUT2D eigenvalue weighted by Crippen LogP contribution is 1.64. The van der Waals surface area contributed by atoms with Crippen LogP contribution in [-0.4, -0.2) is 26.3 Å². The molecule has 0 aromatic carbocycles. The summed E-state index contributed by atoms with van der Waals surface area (Å²) in [5.74, 6) is 0. The molecule has 0 radical (unpaired) electrons. The third-order valence-electron chi connectivity index (χ3n) is 0.500. The molecule has 0 aromatic heterocycles. The van der Waals surface area contributed by atoms with Gasteiger partial charge in [0.15, 0.2) is 0 Å². The van der Waals surface area contributed by atoms with Gasteiger partial charge < -0.3 is 4.74 Å². The highest BCUT2D eigenvalue weighted by molar-refractivity contribution is 5.32. The lowest BCUT2D eigenvalue weighted by atomic mass is 10.8. The number of hydrogen-bond acceptors (Lipinski definition) is 3. The Bertz CT molecular complexity index is 75.1. The summed E-state index contributed by atoms with van der Waals surface area (Å²) < 4.78 is 4.83. The van der Waals surface area contributed by atoms with Gasteiger partial charge in [-0.15, -0.1) is 0 Å². The summed E-state index contributed by atoms with van der Waals surface area (Å²) in [5, 5.41) is 0. The van der Waals surface area contributed by atoms with Crippen LogP contribution >= 0.6 is 0 Å². The van der Waals surface area contributed by atoms with Crippen molar-refractivity contribution in [1.82, 2.24) is 0 Å². The fourth-order valence-electron chi connectivity index (χ4n) is 0.204. The fraction of sp³-hybridized carbons (Fsp3) is 0.833. The first-order valence-electron chi connectivity index (χ1n) is 2.87. The monoisotopic (exact) mass is 131 g/mol. The zero-order chi connectivity index (χ0) is 7.54. The van der Waals surface area contributed by atoms with Crippen LogP contribution in [-0.2, 0) is 9.53 Å². The van der Waals surface area contributed by atoms with E-state index in [9.17, 15) is 0 Å². The lowest BCUT2D eigenvalue weighted by Gasteiger charge is -1.86. The largest absolute Gasteiger partial charge is 0.382 e. The average molecular weight is 131 g/mol. The molecule has 3 heteroatoms. The molecule has 54 valence electrons. The molecule has 3 nitrogen and oxygen atoms in total. The second-order valence-electron chi connectivity index (χ2n) is 1.10. The van der Waals surface area contributed by atoms with Crippen LogP contribution < -0.4 is 0 Å². The van der Waals surface area contributed by atoms with Crippen LogP contribution in [0.1, 0.15) is 13.8 Å². The quantitative estimate of drug-likeness (QED) is 0.414. The normalized spacial score (nSPS) is 6.56. The van der Waals surface area contributed by atoms with E-state index in [0.717, 1.165) is 13.2 Å². The first-order chi connectivity index (χ1) is 4.33. The van der Waals surface area contributed by atoms with E-state index in [2.05, 4.69) is 4.99 Å². The molecule has 0 fully saturated rings. The van der Waals surface area contributed by atoms with E-state index in [1.54, 1.807) is 0 Å². The molecule has 0 rings (SSSR count). The highest BCUT2D eigenvalue weighted by Gasteiger charge is 1.64. The van der Waals surface area contributed by atoms with Crippen molar-refractivity contribution in [2.75, 3.05) is 20.3 Å². The Labute approximate surface area is 55.7 Å². The topological polar surface area (TPSA) is 38.7 Å². The zero-order valence-corrected chi connectivity index (χ0v) is 6.18. The van der Waals surface area contributed by atoms with Crippen molar-refractivity contribution in [3.05, 3.63) is 0 Å². The molecule has 9 heavy (non-hydrogen) atoms. The van der Waals surface area contributed by atoms with Crippen LogP contribution in [0.5, 0.6) is 0 Å².